The normalized spacial score (nSPS) is 16.7. The van der Waals surface area contributed by atoms with Gasteiger partial charge in [0.1, 0.15) is 5.75 Å². The number of likely N-dealkylation sites (tertiary alicyclic amines) is 1. The van der Waals surface area contributed by atoms with Gasteiger partial charge in [-0.1, -0.05) is 12.1 Å². The minimum atomic E-state index is -4.54. The van der Waals surface area contributed by atoms with Crippen LogP contribution in [0, 0.1) is 0 Å². The zero-order valence-electron chi connectivity index (χ0n) is 15.9. The Balaban J connectivity index is 1.58. The number of alkyl halides is 3. The molecule has 1 unspecified atom stereocenters. The molecule has 2 heterocycles. The van der Waals surface area contributed by atoms with Gasteiger partial charge in [-0.15, -0.1) is 0 Å². The Labute approximate surface area is 166 Å². The van der Waals surface area contributed by atoms with Gasteiger partial charge in [0.15, 0.2) is 12.3 Å². The average Bonchev–Trinajstić information content (AvgIpc) is 3.21. The molecule has 9 heteroatoms. The summed E-state index contributed by atoms with van der Waals surface area (Å²) in [6, 6.07) is 9.35. The first-order chi connectivity index (χ1) is 13.8. The number of anilines is 1. The maximum Gasteiger partial charge on any atom is 0.435 e. The molecule has 1 aromatic heterocycles. The van der Waals surface area contributed by atoms with Crippen LogP contribution in [0.4, 0.5) is 18.9 Å². The highest BCUT2D eigenvalue weighted by Crippen LogP contribution is 2.35. The molecule has 0 saturated carbocycles. The Bertz CT molecular complexity index is 843. The maximum atomic E-state index is 13.2. The fraction of sp³-hybridized carbons (Fsp3) is 0.400. The fourth-order valence-corrected chi connectivity index (χ4v) is 3.31. The number of ether oxygens (including phenoxy) is 1. The highest BCUT2D eigenvalue weighted by molar-refractivity contribution is 5.78. The number of hydrogen-bond acceptors (Lipinski definition) is 5. The lowest BCUT2D eigenvalue weighted by Crippen LogP contribution is -2.39. The number of aliphatic hydroxyl groups is 1. The average molecular weight is 409 g/mol. The molecule has 0 radical (unpaired) electrons. The lowest BCUT2D eigenvalue weighted by molar-refractivity contribution is -0.140. The number of rotatable bonds is 6. The Morgan fingerprint density at radius 3 is 2.69 bits per heavy atom. The summed E-state index contributed by atoms with van der Waals surface area (Å²) in [5.74, 6) is 0.281. The summed E-state index contributed by atoms with van der Waals surface area (Å²) in [5.41, 5.74) is -0.191. The van der Waals surface area contributed by atoms with Gasteiger partial charge in [0.2, 0.25) is 0 Å². The summed E-state index contributed by atoms with van der Waals surface area (Å²) in [4.78, 5) is 19.0. The number of likely N-dealkylation sites (N-methyl/N-ethyl adjacent to an activating group) is 1. The third-order valence-electron chi connectivity index (χ3n) is 4.97. The molecule has 1 amide bonds. The molecule has 1 N–H and O–H groups in total. The molecular weight excluding hydrogens is 387 g/mol. The van der Waals surface area contributed by atoms with Crippen LogP contribution >= 0.6 is 0 Å². The van der Waals surface area contributed by atoms with E-state index >= 15 is 0 Å². The molecule has 0 spiro atoms. The second kappa shape index (κ2) is 8.69. The molecule has 1 aliphatic heterocycles. The van der Waals surface area contributed by atoms with E-state index in [9.17, 15) is 18.0 Å². The van der Waals surface area contributed by atoms with Crippen LogP contribution < -0.4 is 9.64 Å². The van der Waals surface area contributed by atoms with Crippen LogP contribution in [-0.2, 0) is 17.6 Å². The van der Waals surface area contributed by atoms with E-state index < -0.39 is 11.9 Å². The summed E-state index contributed by atoms with van der Waals surface area (Å²) in [7, 11) is 1.59. The van der Waals surface area contributed by atoms with E-state index in [4.69, 9.17) is 9.84 Å². The van der Waals surface area contributed by atoms with Crippen LogP contribution in [0.15, 0.2) is 42.6 Å². The second-order valence-electron chi connectivity index (χ2n) is 6.85. The van der Waals surface area contributed by atoms with Crippen molar-refractivity contribution in [3.05, 3.63) is 53.9 Å². The van der Waals surface area contributed by atoms with Crippen molar-refractivity contribution in [1.82, 2.24) is 9.88 Å². The first-order valence-corrected chi connectivity index (χ1v) is 9.15. The molecule has 1 saturated heterocycles. The first kappa shape index (κ1) is 20.9. The maximum absolute atomic E-state index is 13.2. The van der Waals surface area contributed by atoms with E-state index in [1.807, 2.05) is 0 Å². The highest BCUT2D eigenvalue weighted by Gasteiger charge is 2.38. The van der Waals surface area contributed by atoms with E-state index in [0.717, 1.165) is 11.8 Å². The van der Waals surface area contributed by atoms with Crippen LogP contribution in [0.25, 0.3) is 0 Å². The second-order valence-corrected chi connectivity index (χ2v) is 6.85. The predicted molar refractivity (Wildman–Crippen MR) is 100 cm³/mol. The zero-order chi connectivity index (χ0) is 21.0. The molecule has 1 fully saturated rings. The number of hydrogen-bond donors (Lipinski definition) is 1. The van der Waals surface area contributed by atoms with E-state index in [1.54, 1.807) is 36.2 Å². The van der Waals surface area contributed by atoms with Crippen molar-refractivity contribution < 1.29 is 27.8 Å². The van der Waals surface area contributed by atoms with Crippen molar-refractivity contribution in [2.24, 2.45) is 0 Å². The van der Waals surface area contributed by atoms with E-state index in [1.165, 1.54) is 17.0 Å². The highest BCUT2D eigenvalue weighted by atomic mass is 19.4. The van der Waals surface area contributed by atoms with Crippen molar-refractivity contribution >= 4 is 11.6 Å². The molecular formula is C20H22F3N3O3. The molecule has 2 aromatic rings. The van der Waals surface area contributed by atoms with Gasteiger partial charge in [0.25, 0.3) is 5.91 Å². The number of amides is 1. The predicted octanol–water partition coefficient (Wildman–Crippen LogP) is 2.71. The molecule has 6 nitrogen and oxygen atoms in total. The molecule has 29 heavy (non-hydrogen) atoms. The minimum absolute atomic E-state index is 0.000443. The summed E-state index contributed by atoms with van der Waals surface area (Å²) in [6.07, 6.45) is -2.87. The number of pyridine rings is 1. The molecule has 0 bridgehead atoms. The van der Waals surface area contributed by atoms with Gasteiger partial charge < -0.3 is 19.6 Å². The Hall–Kier alpha value is -2.81. The molecule has 1 aromatic carbocycles. The third-order valence-corrected chi connectivity index (χ3v) is 4.97. The smallest absolute Gasteiger partial charge is 0.435 e. The van der Waals surface area contributed by atoms with Gasteiger partial charge in [0.05, 0.1) is 12.3 Å². The van der Waals surface area contributed by atoms with Gasteiger partial charge in [0, 0.05) is 32.4 Å². The SMILES string of the molecule is CN(c1cccnc1C(F)(F)F)C1CCN(C(=O)COc2ccc(CO)cc2)C1. The standard InChI is InChI=1S/C20H22F3N3O3/c1-25(17-3-2-9-24-19(17)20(21,22)23)15-8-10-26(11-15)18(28)13-29-16-6-4-14(12-27)5-7-16/h2-7,9,15,27H,8,10-13H2,1H3. The van der Waals surface area contributed by atoms with E-state index in [2.05, 4.69) is 4.98 Å². The van der Waals surface area contributed by atoms with Crippen molar-refractivity contribution in [2.75, 3.05) is 31.6 Å². The van der Waals surface area contributed by atoms with Crippen molar-refractivity contribution in [3.63, 3.8) is 0 Å². The van der Waals surface area contributed by atoms with Crippen LogP contribution in [-0.4, -0.2) is 53.7 Å². The summed E-state index contributed by atoms with van der Waals surface area (Å²) in [5, 5.41) is 9.03. The van der Waals surface area contributed by atoms with Gasteiger partial charge >= 0.3 is 6.18 Å². The lowest BCUT2D eigenvalue weighted by Gasteiger charge is -2.28. The van der Waals surface area contributed by atoms with E-state index in [-0.39, 0.29) is 30.9 Å². The quantitative estimate of drug-likeness (QED) is 0.795. The topological polar surface area (TPSA) is 65.9 Å². The Morgan fingerprint density at radius 2 is 2.03 bits per heavy atom. The fourth-order valence-electron chi connectivity index (χ4n) is 3.31. The van der Waals surface area contributed by atoms with E-state index in [0.29, 0.717) is 25.3 Å². The lowest BCUT2D eigenvalue weighted by atomic mass is 10.2. The van der Waals surface area contributed by atoms with Crippen molar-refractivity contribution in [2.45, 2.75) is 25.2 Å². The largest absolute Gasteiger partial charge is 0.484 e. The number of aromatic nitrogens is 1. The summed E-state index contributed by atoms with van der Waals surface area (Å²) >= 11 is 0. The molecule has 1 aliphatic rings. The van der Waals surface area contributed by atoms with Gasteiger partial charge in [-0.25, -0.2) is 4.98 Å². The molecule has 156 valence electrons. The molecule has 3 rings (SSSR count). The summed E-state index contributed by atoms with van der Waals surface area (Å²) < 4.78 is 45.2. The number of aliphatic hydroxyl groups excluding tert-OH is 1. The molecule has 0 aliphatic carbocycles. The van der Waals surface area contributed by atoms with Crippen molar-refractivity contribution in [3.8, 4) is 5.75 Å². The number of carbonyl (C=O) groups is 1. The Morgan fingerprint density at radius 1 is 1.31 bits per heavy atom. The monoisotopic (exact) mass is 409 g/mol. The number of halogens is 3. The van der Waals surface area contributed by atoms with Gasteiger partial charge in [-0.05, 0) is 36.2 Å². The van der Waals surface area contributed by atoms with Gasteiger partial charge in [-0.3, -0.25) is 4.79 Å². The first-order valence-electron chi connectivity index (χ1n) is 9.15. The zero-order valence-corrected chi connectivity index (χ0v) is 15.9. The molecule has 1 atom stereocenters. The van der Waals surface area contributed by atoms with Crippen LogP contribution in [0.5, 0.6) is 5.75 Å². The summed E-state index contributed by atoms with van der Waals surface area (Å²) in [6.45, 7) is 0.529. The number of carbonyl (C=O) groups excluding carboxylic acids is 1. The van der Waals surface area contributed by atoms with Gasteiger partial charge in [-0.2, -0.15) is 13.2 Å². The van der Waals surface area contributed by atoms with Crippen molar-refractivity contribution in [1.29, 1.82) is 0 Å². The Kier molecular flexibility index (Phi) is 6.26. The van der Waals surface area contributed by atoms with Crippen LogP contribution in [0.1, 0.15) is 17.7 Å². The third kappa shape index (κ3) is 4.97. The van der Waals surface area contributed by atoms with Crippen LogP contribution in [0.3, 0.4) is 0 Å². The number of nitrogens with zero attached hydrogens (tertiary/aromatic N) is 3. The van der Waals surface area contributed by atoms with Crippen LogP contribution in [0.2, 0.25) is 0 Å². The minimum Gasteiger partial charge on any atom is -0.484 e. The number of benzene rings is 1.